The van der Waals surface area contributed by atoms with Crippen molar-refractivity contribution in [1.29, 1.82) is 0 Å². The van der Waals surface area contributed by atoms with Crippen LogP contribution in [0.25, 0.3) is 0 Å². The van der Waals surface area contributed by atoms with Crippen molar-refractivity contribution in [3.05, 3.63) is 101 Å². The summed E-state index contributed by atoms with van der Waals surface area (Å²) in [4.78, 5) is 20.0. The Balaban J connectivity index is 1.20. The van der Waals surface area contributed by atoms with Gasteiger partial charge < -0.3 is 19.1 Å². The average Bonchev–Trinajstić information content (AvgIpc) is 3.59. The number of aryl methyl sites for hydroxylation is 1. The number of carbonyl (C=O) groups is 1. The Hall–Kier alpha value is -4.33. The highest BCUT2D eigenvalue weighted by atomic mass is 16.7. The van der Waals surface area contributed by atoms with Crippen molar-refractivity contribution in [3.8, 4) is 17.2 Å². The van der Waals surface area contributed by atoms with Crippen LogP contribution in [0.5, 0.6) is 17.2 Å². The van der Waals surface area contributed by atoms with Gasteiger partial charge in [-0.25, -0.2) is 0 Å². The Bertz CT molecular complexity index is 1400. The molecule has 2 aliphatic rings. The van der Waals surface area contributed by atoms with Gasteiger partial charge in [-0.3, -0.25) is 14.9 Å². The molecule has 2 aromatic heterocycles. The zero-order valence-corrected chi connectivity index (χ0v) is 20.5. The van der Waals surface area contributed by atoms with Gasteiger partial charge in [0.2, 0.25) is 6.79 Å². The SMILES string of the molecule is O=C(c1n[nH]c2c1CCCC2)N(Cc1cccc(OCc2ccc3c(c2)OCO3)c1)Cc1ccccn1. The number of aromatic amines is 1. The monoisotopic (exact) mass is 496 g/mol. The Labute approximate surface area is 215 Å². The van der Waals surface area contributed by atoms with E-state index in [9.17, 15) is 4.79 Å². The summed E-state index contributed by atoms with van der Waals surface area (Å²) in [7, 11) is 0. The van der Waals surface area contributed by atoms with Crippen LogP contribution in [0.1, 0.15) is 51.4 Å². The minimum absolute atomic E-state index is 0.0864. The number of nitrogens with zero attached hydrogens (tertiary/aromatic N) is 3. The molecule has 0 spiro atoms. The highest BCUT2D eigenvalue weighted by Gasteiger charge is 2.26. The molecule has 4 aromatic rings. The van der Waals surface area contributed by atoms with Crippen molar-refractivity contribution in [2.75, 3.05) is 6.79 Å². The molecule has 0 saturated carbocycles. The zero-order chi connectivity index (χ0) is 25.0. The van der Waals surface area contributed by atoms with Gasteiger partial charge in [0.05, 0.1) is 12.2 Å². The standard InChI is InChI=1S/C29H28N4O4/c34-29(28-24-9-1-2-10-25(24)31-32-28)33(17-22-7-3-4-13-30-22)16-20-6-5-8-23(14-20)35-18-21-11-12-26-27(15-21)37-19-36-26/h3-8,11-15H,1-2,9-10,16-19H2,(H,31,32). The molecule has 0 radical (unpaired) electrons. The molecule has 0 saturated heterocycles. The number of rotatable bonds is 8. The summed E-state index contributed by atoms with van der Waals surface area (Å²) < 4.78 is 16.9. The largest absolute Gasteiger partial charge is 0.489 e. The summed E-state index contributed by atoms with van der Waals surface area (Å²) in [5, 5.41) is 7.52. The number of fused-ring (bicyclic) bond motifs is 2. The molecule has 3 heterocycles. The zero-order valence-electron chi connectivity index (χ0n) is 20.5. The molecule has 0 fully saturated rings. The lowest BCUT2D eigenvalue weighted by Crippen LogP contribution is -2.31. The van der Waals surface area contributed by atoms with E-state index < -0.39 is 0 Å². The molecule has 1 aliphatic carbocycles. The minimum atomic E-state index is -0.0864. The third-order valence-corrected chi connectivity index (χ3v) is 6.74. The number of aromatic nitrogens is 3. The van der Waals surface area contributed by atoms with Crippen molar-refractivity contribution < 1.29 is 19.0 Å². The molecular formula is C29H28N4O4. The van der Waals surface area contributed by atoms with Crippen LogP contribution in [0.4, 0.5) is 0 Å². The summed E-state index contributed by atoms with van der Waals surface area (Å²) in [5.74, 6) is 2.13. The van der Waals surface area contributed by atoms with Gasteiger partial charge in [-0.1, -0.05) is 24.3 Å². The lowest BCUT2D eigenvalue weighted by Gasteiger charge is -2.23. The molecule has 188 valence electrons. The van der Waals surface area contributed by atoms with E-state index in [-0.39, 0.29) is 12.7 Å². The Morgan fingerprint density at radius 1 is 0.946 bits per heavy atom. The number of benzene rings is 2. The number of H-pyrrole nitrogens is 1. The lowest BCUT2D eigenvalue weighted by atomic mass is 9.95. The van der Waals surface area contributed by atoms with E-state index in [4.69, 9.17) is 14.2 Å². The number of carbonyl (C=O) groups excluding carboxylic acids is 1. The summed E-state index contributed by atoms with van der Waals surface area (Å²) in [6.07, 6.45) is 5.78. The van der Waals surface area contributed by atoms with Crippen molar-refractivity contribution in [1.82, 2.24) is 20.1 Å². The first-order chi connectivity index (χ1) is 18.2. The van der Waals surface area contributed by atoms with Gasteiger partial charge in [-0.2, -0.15) is 5.10 Å². The van der Waals surface area contributed by atoms with Crippen molar-refractivity contribution in [2.24, 2.45) is 0 Å². The summed E-state index contributed by atoms with van der Waals surface area (Å²) >= 11 is 0. The molecule has 6 rings (SSSR count). The molecular weight excluding hydrogens is 468 g/mol. The molecule has 37 heavy (non-hydrogen) atoms. The molecule has 0 atom stereocenters. The van der Waals surface area contributed by atoms with E-state index in [1.807, 2.05) is 65.6 Å². The number of amides is 1. The van der Waals surface area contributed by atoms with E-state index in [1.165, 1.54) is 0 Å². The van der Waals surface area contributed by atoms with E-state index >= 15 is 0 Å². The van der Waals surface area contributed by atoms with Gasteiger partial charge in [0.25, 0.3) is 5.91 Å². The van der Waals surface area contributed by atoms with Crippen LogP contribution in [0.2, 0.25) is 0 Å². The second-order valence-corrected chi connectivity index (χ2v) is 9.34. The number of pyridine rings is 1. The van der Waals surface area contributed by atoms with Crippen LogP contribution in [-0.4, -0.2) is 32.8 Å². The highest BCUT2D eigenvalue weighted by molar-refractivity contribution is 5.94. The van der Waals surface area contributed by atoms with E-state index in [2.05, 4.69) is 15.2 Å². The van der Waals surface area contributed by atoms with Gasteiger partial charge in [-0.15, -0.1) is 0 Å². The average molecular weight is 497 g/mol. The predicted molar refractivity (Wildman–Crippen MR) is 136 cm³/mol. The first kappa shape index (κ1) is 23.1. The molecule has 1 N–H and O–H groups in total. The van der Waals surface area contributed by atoms with Crippen molar-refractivity contribution >= 4 is 5.91 Å². The Morgan fingerprint density at radius 2 is 1.86 bits per heavy atom. The fraction of sp³-hybridized carbons (Fsp3) is 0.276. The summed E-state index contributed by atoms with van der Waals surface area (Å²) in [5.41, 5.74) is 5.47. The van der Waals surface area contributed by atoms with E-state index in [0.29, 0.717) is 25.4 Å². The second-order valence-electron chi connectivity index (χ2n) is 9.34. The number of ether oxygens (including phenoxy) is 3. The van der Waals surface area contributed by atoms with Gasteiger partial charge >= 0.3 is 0 Å². The fourth-order valence-electron chi connectivity index (χ4n) is 4.85. The number of nitrogens with one attached hydrogen (secondary N) is 1. The lowest BCUT2D eigenvalue weighted by molar-refractivity contribution is 0.0720. The van der Waals surface area contributed by atoms with Crippen LogP contribution in [0.3, 0.4) is 0 Å². The number of hydrogen-bond acceptors (Lipinski definition) is 6. The third kappa shape index (κ3) is 5.14. The molecule has 8 nitrogen and oxygen atoms in total. The van der Waals surface area contributed by atoms with Crippen LogP contribution in [0, 0.1) is 0 Å². The molecule has 0 bridgehead atoms. The van der Waals surface area contributed by atoms with Gasteiger partial charge in [0.1, 0.15) is 12.4 Å². The van der Waals surface area contributed by atoms with Gasteiger partial charge in [0.15, 0.2) is 17.2 Å². The van der Waals surface area contributed by atoms with Crippen LogP contribution < -0.4 is 14.2 Å². The first-order valence-corrected chi connectivity index (χ1v) is 12.6. The normalized spacial score (nSPS) is 13.7. The Morgan fingerprint density at radius 3 is 2.78 bits per heavy atom. The van der Waals surface area contributed by atoms with Crippen molar-refractivity contribution in [3.63, 3.8) is 0 Å². The van der Waals surface area contributed by atoms with E-state index in [1.54, 1.807) is 6.20 Å². The molecule has 1 aliphatic heterocycles. The van der Waals surface area contributed by atoms with Crippen LogP contribution in [-0.2, 0) is 32.5 Å². The van der Waals surface area contributed by atoms with Gasteiger partial charge in [-0.05, 0) is 73.2 Å². The minimum Gasteiger partial charge on any atom is -0.489 e. The Kier molecular flexibility index (Phi) is 6.45. The quantitative estimate of drug-likeness (QED) is 0.376. The maximum absolute atomic E-state index is 13.7. The van der Waals surface area contributed by atoms with Gasteiger partial charge in [0, 0.05) is 24.0 Å². The summed E-state index contributed by atoms with van der Waals surface area (Å²) in [6.45, 7) is 1.45. The topological polar surface area (TPSA) is 89.6 Å². The summed E-state index contributed by atoms with van der Waals surface area (Å²) in [6, 6.07) is 19.4. The third-order valence-electron chi connectivity index (χ3n) is 6.74. The second kappa shape index (κ2) is 10.3. The molecule has 0 unspecified atom stereocenters. The highest BCUT2D eigenvalue weighted by Crippen LogP contribution is 2.33. The van der Waals surface area contributed by atoms with Crippen LogP contribution >= 0.6 is 0 Å². The van der Waals surface area contributed by atoms with Crippen LogP contribution in [0.15, 0.2) is 66.9 Å². The first-order valence-electron chi connectivity index (χ1n) is 12.6. The van der Waals surface area contributed by atoms with E-state index in [0.717, 1.165) is 71.0 Å². The van der Waals surface area contributed by atoms with Crippen molar-refractivity contribution in [2.45, 2.75) is 45.4 Å². The predicted octanol–water partition coefficient (Wildman–Crippen LogP) is 4.83. The smallest absolute Gasteiger partial charge is 0.275 e. The molecule has 1 amide bonds. The molecule has 2 aromatic carbocycles. The fourth-order valence-corrected chi connectivity index (χ4v) is 4.85. The maximum atomic E-state index is 13.7. The number of hydrogen-bond donors (Lipinski definition) is 1. The maximum Gasteiger partial charge on any atom is 0.275 e. The molecule has 8 heteroatoms.